The minimum atomic E-state index is -0.754. The van der Waals surface area contributed by atoms with Crippen molar-refractivity contribution in [3.8, 4) is 5.75 Å². The number of carbonyl (C=O) groups excluding carboxylic acids is 1. The van der Waals surface area contributed by atoms with E-state index in [0.717, 1.165) is 6.07 Å². The minimum absolute atomic E-state index is 0.0127. The minimum Gasteiger partial charge on any atom is -0.481 e. The molecule has 0 fully saturated rings. The lowest BCUT2D eigenvalue weighted by molar-refractivity contribution is -0.122. The summed E-state index contributed by atoms with van der Waals surface area (Å²) in [6.45, 7) is 1.59. The summed E-state index contributed by atoms with van der Waals surface area (Å²) in [7, 11) is 0. The highest BCUT2D eigenvalue weighted by Gasteiger charge is 2.15. The van der Waals surface area contributed by atoms with Gasteiger partial charge in [0.25, 0.3) is 5.91 Å². The Labute approximate surface area is 121 Å². The van der Waals surface area contributed by atoms with E-state index in [1.54, 1.807) is 19.1 Å². The Kier molecular flexibility index (Phi) is 4.58. The maximum absolute atomic E-state index is 13.3. The van der Waals surface area contributed by atoms with E-state index >= 15 is 0 Å². The lowest BCUT2D eigenvalue weighted by atomic mass is 10.3. The molecule has 1 N–H and O–H groups in total. The van der Waals surface area contributed by atoms with Gasteiger partial charge in [-0.1, -0.05) is 29.8 Å². The van der Waals surface area contributed by atoms with Crippen LogP contribution in [0, 0.1) is 5.82 Å². The molecule has 0 saturated carbocycles. The quantitative estimate of drug-likeness (QED) is 0.929. The van der Waals surface area contributed by atoms with Crippen LogP contribution in [0.5, 0.6) is 5.75 Å². The van der Waals surface area contributed by atoms with Gasteiger partial charge in [-0.3, -0.25) is 4.79 Å². The van der Waals surface area contributed by atoms with Crippen molar-refractivity contribution < 1.29 is 13.9 Å². The molecule has 1 atom stereocenters. The monoisotopic (exact) mass is 293 g/mol. The molecule has 0 aliphatic heterocycles. The molecule has 0 saturated heterocycles. The molecule has 5 heteroatoms. The zero-order chi connectivity index (χ0) is 14.5. The van der Waals surface area contributed by atoms with Crippen molar-refractivity contribution in [3.05, 3.63) is 59.4 Å². The molecule has 0 heterocycles. The van der Waals surface area contributed by atoms with Crippen LogP contribution in [0.25, 0.3) is 0 Å². The summed E-state index contributed by atoms with van der Waals surface area (Å²) in [6.07, 6.45) is -0.754. The molecular formula is C15H13ClFNO2. The SMILES string of the molecule is CC(Oc1ccc(Cl)c(F)c1)C(=O)Nc1ccccc1. The van der Waals surface area contributed by atoms with Crippen LogP contribution in [0.1, 0.15) is 6.92 Å². The van der Waals surface area contributed by atoms with E-state index in [9.17, 15) is 9.18 Å². The van der Waals surface area contributed by atoms with Crippen LogP contribution >= 0.6 is 11.6 Å². The van der Waals surface area contributed by atoms with Crippen molar-refractivity contribution in [2.75, 3.05) is 5.32 Å². The number of anilines is 1. The third-order valence-electron chi connectivity index (χ3n) is 2.61. The molecule has 1 unspecified atom stereocenters. The molecule has 104 valence electrons. The van der Waals surface area contributed by atoms with Gasteiger partial charge in [0.1, 0.15) is 11.6 Å². The standard InChI is InChI=1S/C15H13ClFNO2/c1-10(15(19)18-11-5-3-2-4-6-11)20-12-7-8-13(16)14(17)9-12/h2-10H,1H3,(H,18,19). The first-order chi connectivity index (χ1) is 9.56. The van der Waals surface area contributed by atoms with Gasteiger partial charge in [0.2, 0.25) is 0 Å². The van der Waals surface area contributed by atoms with E-state index in [1.165, 1.54) is 12.1 Å². The molecule has 0 aliphatic carbocycles. The first-order valence-corrected chi connectivity index (χ1v) is 6.41. The second-order valence-corrected chi connectivity index (χ2v) is 4.60. The third kappa shape index (κ3) is 3.71. The Balaban J connectivity index is 1.98. The van der Waals surface area contributed by atoms with Crippen molar-refractivity contribution in [3.63, 3.8) is 0 Å². The van der Waals surface area contributed by atoms with Gasteiger partial charge in [0, 0.05) is 11.8 Å². The van der Waals surface area contributed by atoms with E-state index in [-0.39, 0.29) is 16.7 Å². The lowest BCUT2D eigenvalue weighted by Gasteiger charge is -2.15. The highest BCUT2D eigenvalue weighted by molar-refractivity contribution is 6.30. The predicted octanol–water partition coefficient (Wildman–Crippen LogP) is 3.89. The molecular weight excluding hydrogens is 281 g/mol. The molecule has 2 aromatic carbocycles. The van der Waals surface area contributed by atoms with Gasteiger partial charge in [-0.15, -0.1) is 0 Å². The zero-order valence-electron chi connectivity index (χ0n) is 10.8. The Morgan fingerprint density at radius 3 is 2.60 bits per heavy atom. The van der Waals surface area contributed by atoms with Crippen LogP contribution in [0.3, 0.4) is 0 Å². The lowest BCUT2D eigenvalue weighted by Crippen LogP contribution is -2.30. The number of halogens is 2. The van der Waals surface area contributed by atoms with Crippen molar-refractivity contribution >= 4 is 23.2 Å². The maximum atomic E-state index is 13.3. The molecule has 0 bridgehead atoms. The Hall–Kier alpha value is -2.07. The van der Waals surface area contributed by atoms with Crippen LogP contribution in [0.4, 0.5) is 10.1 Å². The summed E-state index contributed by atoms with van der Waals surface area (Å²) in [4.78, 5) is 11.9. The summed E-state index contributed by atoms with van der Waals surface area (Å²) in [6, 6.07) is 13.1. The number of rotatable bonds is 4. The molecule has 2 rings (SSSR count). The Bertz CT molecular complexity index is 604. The zero-order valence-corrected chi connectivity index (χ0v) is 11.5. The Morgan fingerprint density at radius 1 is 1.25 bits per heavy atom. The average Bonchev–Trinajstić information content (AvgIpc) is 2.44. The smallest absolute Gasteiger partial charge is 0.265 e. The van der Waals surface area contributed by atoms with Crippen LogP contribution in [0.15, 0.2) is 48.5 Å². The maximum Gasteiger partial charge on any atom is 0.265 e. The van der Waals surface area contributed by atoms with Crippen molar-refractivity contribution in [2.45, 2.75) is 13.0 Å². The van der Waals surface area contributed by atoms with Crippen LogP contribution in [-0.4, -0.2) is 12.0 Å². The number of ether oxygens (including phenoxy) is 1. The van der Waals surface area contributed by atoms with Crippen LogP contribution in [0.2, 0.25) is 5.02 Å². The van der Waals surface area contributed by atoms with Crippen LogP contribution < -0.4 is 10.1 Å². The fraction of sp³-hybridized carbons (Fsp3) is 0.133. The van der Waals surface area contributed by atoms with Gasteiger partial charge in [0.05, 0.1) is 5.02 Å². The molecule has 0 aromatic heterocycles. The van der Waals surface area contributed by atoms with Crippen molar-refractivity contribution in [2.24, 2.45) is 0 Å². The third-order valence-corrected chi connectivity index (χ3v) is 2.92. The molecule has 0 spiro atoms. The van der Waals surface area contributed by atoms with Gasteiger partial charge in [-0.25, -0.2) is 4.39 Å². The highest BCUT2D eigenvalue weighted by Crippen LogP contribution is 2.21. The second-order valence-electron chi connectivity index (χ2n) is 4.19. The molecule has 3 nitrogen and oxygen atoms in total. The van der Waals surface area contributed by atoms with E-state index in [0.29, 0.717) is 5.69 Å². The first-order valence-electron chi connectivity index (χ1n) is 6.04. The molecule has 20 heavy (non-hydrogen) atoms. The largest absolute Gasteiger partial charge is 0.481 e. The summed E-state index contributed by atoms with van der Waals surface area (Å²) in [5.41, 5.74) is 0.676. The van der Waals surface area contributed by atoms with Gasteiger partial charge < -0.3 is 10.1 Å². The molecule has 0 radical (unpaired) electrons. The van der Waals surface area contributed by atoms with Crippen molar-refractivity contribution in [1.82, 2.24) is 0 Å². The summed E-state index contributed by atoms with van der Waals surface area (Å²) in [5.74, 6) is -0.644. The normalized spacial score (nSPS) is 11.8. The first kappa shape index (κ1) is 14.3. The topological polar surface area (TPSA) is 38.3 Å². The number of amides is 1. The molecule has 1 amide bonds. The second kappa shape index (κ2) is 6.39. The fourth-order valence-corrected chi connectivity index (χ4v) is 1.69. The van der Waals surface area contributed by atoms with Crippen molar-refractivity contribution in [1.29, 1.82) is 0 Å². The number of nitrogens with one attached hydrogen (secondary N) is 1. The van der Waals surface area contributed by atoms with E-state index in [4.69, 9.17) is 16.3 Å². The van der Waals surface area contributed by atoms with E-state index < -0.39 is 11.9 Å². The summed E-state index contributed by atoms with van der Waals surface area (Å²) >= 11 is 5.58. The number of hydrogen-bond acceptors (Lipinski definition) is 2. The van der Waals surface area contributed by atoms with Crippen LogP contribution in [-0.2, 0) is 4.79 Å². The summed E-state index contributed by atoms with van der Waals surface area (Å²) in [5, 5.41) is 2.72. The van der Waals surface area contributed by atoms with E-state index in [1.807, 2.05) is 18.2 Å². The molecule has 0 aliphatic rings. The number of para-hydroxylation sites is 1. The highest BCUT2D eigenvalue weighted by atomic mass is 35.5. The number of carbonyl (C=O) groups is 1. The molecule has 2 aromatic rings. The Morgan fingerprint density at radius 2 is 1.95 bits per heavy atom. The summed E-state index contributed by atoms with van der Waals surface area (Å²) < 4.78 is 18.6. The predicted molar refractivity (Wildman–Crippen MR) is 76.6 cm³/mol. The van der Waals surface area contributed by atoms with Gasteiger partial charge in [0.15, 0.2) is 6.10 Å². The average molecular weight is 294 g/mol. The van der Waals surface area contributed by atoms with E-state index in [2.05, 4.69) is 5.32 Å². The van der Waals surface area contributed by atoms with Gasteiger partial charge >= 0.3 is 0 Å². The fourth-order valence-electron chi connectivity index (χ4n) is 1.57. The van der Waals surface area contributed by atoms with Gasteiger partial charge in [-0.05, 0) is 31.2 Å². The van der Waals surface area contributed by atoms with Gasteiger partial charge in [-0.2, -0.15) is 0 Å². The number of benzene rings is 2. The number of hydrogen-bond donors (Lipinski definition) is 1.